The lowest BCUT2D eigenvalue weighted by atomic mass is 10.0. The van der Waals surface area contributed by atoms with E-state index in [4.69, 9.17) is 21.1 Å². The Labute approximate surface area is 124 Å². The maximum Gasteiger partial charge on any atom is 0.300 e. The second-order valence-corrected chi connectivity index (χ2v) is 4.95. The summed E-state index contributed by atoms with van der Waals surface area (Å²) in [5, 5.41) is 31.2. The predicted molar refractivity (Wildman–Crippen MR) is 72.4 cm³/mol. The molecule has 0 bridgehead atoms. The molecule has 1 aliphatic rings. The van der Waals surface area contributed by atoms with Gasteiger partial charge in [0.2, 0.25) is 0 Å². The van der Waals surface area contributed by atoms with Gasteiger partial charge in [-0.05, 0) is 0 Å². The van der Waals surface area contributed by atoms with Crippen LogP contribution in [0.5, 0.6) is 6.01 Å². The van der Waals surface area contributed by atoms with E-state index >= 15 is 0 Å². The van der Waals surface area contributed by atoms with E-state index in [1.807, 2.05) is 0 Å². The first-order chi connectivity index (χ1) is 9.86. The Morgan fingerprint density at radius 3 is 2.71 bits per heavy atom. The highest BCUT2D eigenvalue weighted by molar-refractivity contribution is 6.32. The van der Waals surface area contributed by atoms with Crippen molar-refractivity contribution in [3.05, 3.63) is 15.4 Å². The predicted octanol–water partition coefficient (Wildman–Crippen LogP) is -1.71. The molecule has 21 heavy (non-hydrogen) atoms. The van der Waals surface area contributed by atoms with Crippen LogP contribution in [0.1, 0.15) is 0 Å². The summed E-state index contributed by atoms with van der Waals surface area (Å²) >= 11 is 5.90. The van der Waals surface area contributed by atoms with Crippen LogP contribution in [0.25, 0.3) is 0 Å². The molecule has 0 spiro atoms. The summed E-state index contributed by atoms with van der Waals surface area (Å²) in [6.07, 6.45) is -5.07. The van der Waals surface area contributed by atoms with Crippen LogP contribution in [0.3, 0.4) is 0 Å². The number of nitrogens with one attached hydrogen (secondary N) is 1. The zero-order chi connectivity index (χ0) is 15.7. The Morgan fingerprint density at radius 2 is 2.10 bits per heavy atom. The van der Waals surface area contributed by atoms with Crippen molar-refractivity contribution in [2.45, 2.75) is 24.5 Å². The number of aliphatic hydroxyl groups excluding tert-OH is 3. The van der Waals surface area contributed by atoms with Gasteiger partial charge >= 0.3 is 6.01 Å². The maximum absolute atomic E-state index is 11.9. The van der Waals surface area contributed by atoms with Gasteiger partial charge in [-0.25, -0.2) is 0 Å². The number of anilines is 1. The third-order valence-electron chi connectivity index (χ3n) is 3.16. The smallest absolute Gasteiger partial charge is 0.300 e. The zero-order valence-corrected chi connectivity index (χ0v) is 12.1. The Morgan fingerprint density at radius 1 is 1.43 bits per heavy atom. The molecule has 1 fully saturated rings. The molecule has 4 N–H and O–H groups in total. The highest BCUT2D eigenvalue weighted by Gasteiger charge is 2.38. The number of rotatable bonds is 3. The number of nitrogens with zero attached hydrogens (tertiary/aromatic N) is 2. The monoisotopic (exact) mass is 321 g/mol. The number of aliphatic hydroxyl groups is 3. The van der Waals surface area contributed by atoms with Gasteiger partial charge in [0.15, 0.2) is 12.0 Å². The number of halogens is 1. The SMILES string of the molecule is COc1nc(NC2OCC(O)C(O)C2O)c(Cl)c(=O)n1C. The summed E-state index contributed by atoms with van der Waals surface area (Å²) < 4.78 is 11.2. The number of ether oxygens (including phenoxy) is 2. The molecule has 4 unspecified atom stereocenters. The minimum absolute atomic E-state index is 0.0118. The van der Waals surface area contributed by atoms with Crippen LogP contribution in [0.15, 0.2) is 4.79 Å². The number of hydrogen-bond donors (Lipinski definition) is 4. The highest BCUT2D eigenvalue weighted by Crippen LogP contribution is 2.22. The largest absolute Gasteiger partial charge is 0.468 e. The van der Waals surface area contributed by atoms with Crippen molar-refractivity contribution in [2.75, 3.05) is 19.0 Å². The molecular formula is C11H16ClN3O6. The average Bonchev–Trinajstić information content (AvgIpc) is 2.48. The maximum atomic E-state index is 11.9. The highest BCUT2D eigenvalue weighted by atomic mass is 35.5. The Hall–Kier alpha value is -1.39. The van der Waals surface area contributed by atoms with Crippen LogP contribution in [0, 0.1) is 0 Å². The van der Waals surface area contributed by atoms with Gasteiger partial charge in [0.25, 0.3) is 5.56 Å². The fourth-order valence-corrected chi connectivity index (χ4v) is 2.12. The lowest BCUT2D eigenvalue weighted by molar-refractivity contribution is -0.178. The summed E-state index contributed by atoms with van der Waals surface area (Å²) in [4.78, 5) is 15.9. The van der Waals surface area contributed by atoms with Gasteiger partial charge in [0, 0.05) is 7.05 Å². The molecule has 2 heterocycles. The Kier molecular flexibility index (Phi) is 4.69. The number of hydrogen-bond acceptors (Lipinski definition) is 8. The van der Waals surface area contributed by atoms with Gasteiger partial charge < -0.3 is 30.1 Å². The third-order valence-corrected chi connectivity index (χ3v) is 3.50. The van der Waals surface area contributed by atoms with E-state index in [0.29, 0.717) is 0 Å². The van der Waals surface area contributed by atoms with Crippen LogP contribution in [0.2, 0.25) is 5.02 Å². The molecule has 4 atom stereocenters. The second-order valence-electron chi connectivity index (χ2n) is 4.57. The molecule has 118 valence electrons. The fourth-order valence-electron chi connectivity index (χ4n) is 1.90. The number of methoxy groups -OCH3 is 1. The summed E-state index contributed by atoms with van der Waals surface area (Å²) in [6, 6.07) is 0.0118. The summed E-state index contributed by atoms with van der Waals surface area (Å²) in [5.41, 5.74) is -0.545. The van der Waals surface area contributed by atoms with Crippen molar-refractivity contribution in [1.29, 1.82) is 0 Å². The van der Waals surface area contributed by atoms with Crippen LogP contribution in [0.4, 0.5) is 5.82 Å². The zero-order valence-electron chi connectivity index (χ0n) is 11.4. The topological polar surface area (TPSA) is 126 Å². The van der Waals surface area contributed by atoms with Crippen molar-refractivity contribution >= 4 is 17.4 Å². The van der Waals surface area contributed by atoms with Gasteiger partial charge in [-0.15, -0.1) is 0 Å². The normalized spacial score (nSPS) is 29.2. The van der Waals surface area contributed by atoms with Gasteiger partial charge in [-0.3, -0.25) is 9.36 Å². The fraction of sp³-hybridized carbons (Fsp3) is 0.636. The van der Waals surface area contributed by atoms with E-state index in [0.717, 1.165) is 4.57 Å². The third kappa shape index (κ3) is 2.97. The quantitative estimate of drug-likeness (QED) is 0.518. The molecule has 0 radical (unpaired) electrons. The Balaban J connectivity index is 2.28. The number of aromatic nitrogens is 2. The van der Waals surface area contributed by atoms with Crippen molar-refractivity contribution < 1.29 is 24.8 Å². The first-order valence-electron chi connectivity index (χ1n) is 6.09. The van der Waals surface area contributed by atoms with Gasteiger partial charge in [-0.1, -0.05) is 11.6 Å². The van der Waals surface area contributed by atoms with Gasteiger partial charge in [-0.2, -0.15) is 4.98 Å². The standard InChI is InChI=1S/C11H16ClN3O6/c1-15-10(19)5(12)8(14-11(15)20-2)13-9-7(18)6(17)4(16)3-21-9/h4,6-7,9,13,16-18H,3H2,1-2H3. The van der Waals surface area contributed by atoms with E-state index < -0.39 is 30.1 Å². The summed E-state index contributed by atoms with van der Waals surface area (Å²) in [7, 11) is 2.78. The first kappa shape index (κ1) is 16.0. The molecular weight excluding hydrogens is 306 g/mol. The average molecular weight is 322 g/mol. The minimum Gasteiger partial charge on any atom is -0.468 e. The molecule has 0 saturated carbocycles. The molecule has 9 nitrogen and oxygen atoms in total. The summed E-state index contributed by atoms with van der Waals surface area (Å²) in [6.45, 7) is -0.185. The van der Waals surface area contributed by atoms with Crippen LogP contribution in [-0.4, -0.2) is 63.1 Å². The molecule has 2 rings (SSSR count). The van der Waals surface area contributed by atoms with Crippen LogP contribution in [-0.2, 0) is 11.8 Å². The van der Waals surface area contributed by atoms with Crippen molar-refractivity contribution in [3.63, 3.8) is 0 Å². The van der Waals surface area contributed by atoms with Gasteiger partial charge in [0.05, 0.1) is 13.7 Å². The van der Waals surface area contributed by atoms with E-state index in [2.05, 4.69) is 10.3 Å². The van der Waals surface area contributed by atoms with E-state index in [9.17, 15) is 20.1 Å². The second kappa shape index (κ2) is 6.16. The van der Waals surface area contributed by atoms with Crippen LogP contribution >= 0.6 is 11.6 Å². The molecule has 1 aromatic heterocycles. The molecule has 0 amide bonds. The van der Waals surface area contributed by atoms with Crippen molar-refractivity contribution in [1.82, 2.24) is 9.55 Å². The van der Waals surface area contributed by atoms with E-state index in [1.54, 1.807) is 0 Å². The molecule has 1 aliphatic heterocycles. The van der Waals surface area contributed by atoms with E-state index in [1.165, 1.54) is 14.2 Å². The molecule has 0 aromatic carbocycles. The molecule has 10 heteroatoms. The van der Waals surface area contributed by atoms with Crippen LogP contribution < -0.4 is 15.6 Å². The minimum atomic E-state index is -1.42. The van der Waals surface area contributed by atoms with Crippen molar-refractivity contribution in [2.24, 2.45) is 7.05 Å². The van der Waals surface area contributed by atoms with Crippen molar-refractivity contribution in [3.8, 4) is 6.01 Å². The van der Waals surface area contributed by atoms with E-state index in [-0.39, 0.29) is 23.5 Å². The molecule has 0 aliphatic carbocycles. The molecule has 1 aromatic rings. The lowest BCUT2D eigenvalue weighted by Gasteiger charge is -2.35. The first-order valence-corrected chi connectivity index (χ1v) is 6.47. The molecule has 1 saturated heterocycles. The van der Waals surface area contributed by atoms with Gasteiger partial charge in [0.1, 0.15) is 23.3 Å². The Bertz CT molecular complexity index is 580. The summed E-state index contributed by atoms with van der Waals surface area (Å²) in [5.74, 6) is -0.0516. The lowest BCUT2D eigenvalue weighted by Crippen LogP contribution is -2.55.